The molecule has 0 aliphatic carbocycles. The zero-order valence-electron chi connectivity index (χ0n) is 20.4. The van der Waals surface area contributed by atoms with Crippen molar-refractivity contribution in [3.05, 3.63) is 39.9 Å². The number of aliphatic hydroxyl groups excluding tert-OH is 1. The summed E-state index contributed by atoms with van der Waals surface area (Å²) >= 11 is 11.9. The first kappa shape index (κ1) is 28.0. The third-order valence-electron chi connectivity index (χ3n) is 6.41. The summed E-state index contributed by atoms with van der Waals surface area (Å²) in [7, 11) is 1.21. The Hall–Kier alpha value is -2.62. The Morgan fingerprint density at radius 1 is 1.14 bits per heavy atom. The van der Waals surface area contributed by atoms with Crippen molar-refractivity contribution in [1.29, 1.82) is 0 Å². The predicted octanol–water partition coefficient (Wildman–Crippen LogP) is 2.23. The number of esters is 1. The first-order valence-corrected chi connectivity index (χ1v) is 12.6. The highest BCUT2D eigenvalue weighted by atomic mass is 35.5. The number of hydrogen-bond acceptors (Lipinski definition) is 6. The molecule has 0 aromatic heterocycles. The van der Waals surface area contributed by atoms with E-state index in [0.29, 0.717) is 28.6 Å². The van der Waals surface area contributed by atoms with Crippen LogP contribution in [0.5, 0.6) is 0 Å². The van der Waals surface area contributed by atoms with Crippen LogP contribution in [0.3, 0.4) is 0 Å². The van der Waals surface area contributed by atoms with E-state index in [4.69, 9.17) is 27.9 Å². The second-order valence-electron chi connectivity index (χ2n) is 9.21. The van der Waals surface area contributed by atoms with E-state index in [1.165, 1.54) is 27.9 Å². The normalized spacial score (nSPS) is 21.9. The van der Waals surface area contributed by atoms with Crippen LogP contribution in [-0.4, -0.2) is 95.5 Å². The lowest BCUT2D eigenvalue weighted by molar-refractivity contribution is -0.156. The van der Waals surface area contributed by atoms with Crippen LogP contribution < -0.4 is 0 Å². The molecule has 11 heteroatoms. The molecule has 1 N–H and O–H groups in total. The minimum atomic E-state index is -1.11. The molecular formula is C25H31Cl2N3O6. The Labute approximate surface area is 220 Å². The van der Waals surface area contributed by atoms with Crippen LogP contribution in [0.4, 0.5) is 0 Å². The van der Waals surface area contributed by atoms with E-state index in [-0.39, 0.29) is 62.7 Å². The number of carbonyl (C=O) groups is 4. The summed E-state index contributed by atoms with van der Waals surface area (Å²) < 4.78 is 4.90. The number of aliphatic hydroxyl groups is 1. The molecule has 0 bridgehead atoms. The molecule has 2 saturated heterocycles. The number of halogens is 2. The molecule has 0 radical (unpaired) electrons. The quantitative estimate of drug-likeness (QED) is 0.438. The number of amides is 3. The van der Waals surface area contributed by atoms with Gasteiger partial charge < -0.3 is 24.5 Å². The topological polar surface area (TPSA) is 107 Å². The van der Waals surface area contributed by atoms with Gasteiger partial charge in [-0.15, -0.1) is 0 Å². The first-order chi connectivity index (χ1) is 17.1. The van der Waals surface area contributed by atoms with Gasteiger partial charge in [-0.1, -0.05) is 36.2 Å². The van der Waals surface area contributed by atoms with E-state index >= 15 is 0 Å². The maximum atomic E-state index is 13.0. The van der Waals surface area contributed by atoms with Crippen molar-refractivity contribution >= 4 is 53.0 Å². The van der Waals surface area contributed by atoms with Crippen LogP contribution in [0.25, 0.3) is 6.08 Å². The smallest absolute Gasteiger partial charge is 0.329 e. The molecule has 2 aliphatic heterocycles. The Morgan fingerprint density at radius 2 is 1.89 bits per heavy atom. The average Bonchev–Trinajstić information content (AvgIpc) is 3.03. The summed E-state index contributed by atoms with van der Waals surface area (Å²) in [6.07, 6.45) is 2.75. The Kier molecular flexibility index (Phi) is 9.76. The summed E-state index contributed by atoms with van der Waals surface area (Å²) in [4.78, 5) is 55.6. The van der Waals surface area contributed by atoms with Gasteiger partial charge in [0.05, 0.1) is 29.7 Å². The maximum Gasteiger partial charge on any atom is 0.329 e. The number of piperidine rings is 1. The van der Waals surface area contributed by atoms with E-state index in [1.807, 2.05) is 6.92 Å². The molecule has 3 amide bonds. The van der Waals surface area contributed by atoms with Gasteiger partial charge >= 0.3 is 5.97 Å². The molecule has 36 heavy (non-hydrogen) atoms. The highest BCUT2D eigenvalue weighted by Crippen LogP contribution is 2.23. The number of rotatable bonds is 6. The molecule has 0 unspecified atom stereocenters. The fourth-order valence-corrected chi connectivity index (χ4v) is 4.86. The number of methoxy groups -OCH3 is 1. The van der Waals surface area contributed by atoms with E-state index in [1.54, 1.807) is 24.3 Å². The van der Waals surface area contributed by atoms with E-state index < -0.39 is 18.1 Å². The fourth-order valence-electron chi connectivity index (χ4n) is 4.55. The molecule has 3 atom stereocenters. The summed E-state index contributed by atoms with van der Waals surface area (Å²) in [5.41, 5.74) is 0.701. The van der Waals surface area contributed by atoms with Crippen LogP contribution >= 0.6 is 23.2 Å². The van der Waals surface area contributed by atoms with Crippen molar-refractivity contribution < 1.29 is 29.0 Å². The van der Waals surface area contributed by atoms with Gasteiger partial charge in [-0.2, -0.15) is 0 Å². The lowest BCUT2D eigenvalue weighted by Crippen LogP contribution is -2.51. The molecule has 9 nitrogen and oxygen atoms in total. The minimum absolute atomic E-state index is 0.00744. The number of β-amino-alcohol motifs (C(OH)–C–C–N with tert-alkyl or cyclic N) is 1. The van der Waals surface area contributed by atoms with Crippen molar-refractivity contribution in [2.24, 2.45) is 5.92 Å². The van der Waals surface area contributed by atoms with E-state index in [9.17, 15) is 24.3 Å². The van der Waals surface area contributed by atoms with Crippen LogP contribution in [-0.2, 0) is 23.9 Å². The monoisotopic (exact) mass is 539 g/mol. The van der Waals surface area contributed by atoms with Crippen LogP contribution in [0.1, 0.15) is 31.7 Å². The van der Waals surface area contributed by atoms with Gasteiger partial charge in [0.25, 0.3) is 0 Å². The number of carbonyl (C=O) groups excluding carboxylic acids is 4. The van der Waals surface area contributed by atoms with Crippen molar-refractivity contribution in [3.63, 3.8) is 0 Å². The van der Waals surface area contributed by atoms with Gasteiger partial charge in [-0.05, 0) is 36.1 Å². The number of likely N-dealkylation sites (tertiary alicyclic amines) is 1. The highest BCUT2D eigenvalue weighted by molar-refractivity contribution is 6.42. The van der Waals surface area contributed by atoms with Crippen molar-refractivity contribution in [2.45, 2.75) is 38.3 Å². The molecule has 0 spiro atoms. The maximum absolute atomic E-state index is 13.0. The molecule has 2 heterocycles. The SMILES string of the molecule is COC(=O)[C@@H](CC(=O)N1C[C@@H](C)C[C@H](O)C1)N1CCN(C(=O)C=Cc2ccc(Cl)c(Cl)c2)CCC1=O. The zero-order valence-corrected chi connectivity index (χ0v) is 21.9. The molecule has 2 aliphatic rings. The third kappa shape index (κ3) is 7.21. The van der Waals surface area contributed by atoms with Gasteiger partial charge in [0.2, 0.25) is 17.7 Å². The fraction of sp³-hybridized carbons (Fsp3) is 0.520. The molecule has 2 fully saturated rings. The lowest BCUT2D eigenvalue weighted by Gasteiger charge is -2.36. The highest BCUT2D eigenvalue weighted by Gasteiger charge is 2.37. The molecule has 196 valence electrons. The predicted molar refractivity (Wildman–Crippen MR) is 135 cm³/mol. The number of hydrogen-bond donors (Lipinski definition) is 1. The molecule has 0 saturated carbocycles. The summed E-state index contributed by atoms with van der Waals surface area (Å²) in [6, 6.07) is 3.90. The molecule has 3 rings (SSSR count). The van der Waals surface area contributed by atoms with Gasteiger partial charge in [0, 0.05) is 45.2 Å². The molecule has 1 aromatic rings. The Bertz CT molecular complexity index is 1020. The van der Waals surface area contributed by atoms with Crippen molar-refractivity contribution in [2.75, 3.05) is 39.8 Å². The van der Waals surface area contributed by atoms with Gasteiger partial charge in [0.15, 0.2) is 0 Å². The van der Waals surface area contributed by atoms with Gasteiger partial charge in [-0.3, -0.25) is 14.4 Å². The summed E-state index contributed by atoms with van der Waals surface area (Å²) in [5, 5.41) is 10.8. The van der Waals surface area contributed by atoms with Crippen LogP contribution in [0.2, 0.25) is 10.0 Å². The third-order valence-corrected chi connectivity index (χ3v) is 7.15. The second kappa shape index (κ2) is 12.6. The lowest BCUT2D eigenvalue weighted by atomic mass is 9.97. The van der Waals surface area contributed by atoms with E-state index in [0.717, 1.165) is 0 Å². The first-order valence-electron chi connectivity index (χ1n) is 11.8. The number of benzene rings is 1. The zero-order chi connectivity index (χ0) is 26.4. The van der Waals surface area contributed by atoms with Crippen LogP contribution in [0, 0.1) is 5.92 Å². The largest absolute Gasteiger partial charge is 0.467 e. The Morgan fingerprint density at radius 3 is 2.56 bits per heavy atom. The molecular weight excluding hydrogens is 509 g/mol. The van der Waals surface area contributed by atoms with Gasteiger partial charge in [0.1, 0.15) is 6.04 Å². The van der Waals surface area contributed by atoms with Crippen LogP contribution in [0.15, 0.2) is 24.3 Å². The standard InChI is InChI=1S/C25H31Cl2N3O6/c1-16-11-18(31)15-29(14-16)24(34)13-21(25(35)36-2)30-10-9-28(8-7-23(30)33)22(32)6-4-17-3-5-19(26)20(27)12-17/h3-6,12,16,18,21,31H,7-11,13-15H2,1-2H3/t16-,18-,21+/m0/s1. The van der Waals surface area contributed by atoms with Crippen molar-refractivity contribution in [1.82, 2.24) is 14.7 Å². The van der Waals surface area contributed by atoms with E-state index in [2.05, 4.69) is 0 Å². The number of ether oxygens (including phenoxy) is 1. The summed E-state index contributed by atoms with van der Waals surface area (Å²) in [5.74, 6) is -1.52. The van der Waals surface area contributed by atoms with Gasteiger partial charge in [-0.25, -0.2) is 4.79 Å². The average molecular weight is 540 g/mol. The molecule has 1 aromatic carbocycles. The summed E-state index contributed by atoms with van der Waals surface area (Å²) in [6.45, 7) is 3.07. The van der Waals surface area contributed by atoms with Crippen molar-refractivity contribution in [3.8, 4) is 0 Å². The minimum Gasteiger partial charge on any atom is -0.467 e. The second-order valence-corrected chi connectivity index (χ2v) is 10.0. The number of nitrogens with zero attached hydrogens (tertiary/aromatic N) is 3. The Balaban J connectivity index is 1.67.